The van der Waals surface area contributed by atoms with Crippen molar-refractivity contribution in [3.63, 3.8) is 0 Å². The second-order valence-electron chi connectivity index (χ2n) is 5.64. The fourth-order valence-corrected chi connectivity index (χ4v) is 2.58. The molecule has 4 rings (SSSR count). The Morgan fingerprint density at radius 1 is 0.885 bits per heavy atom. The summed E-state index contributed by atoms with van der Waals surface area (Å²) < 4.78 is 11.1. The quantitative estimate of drug-likeness (QED) is 0.571. The zero-order valence-electron chi connectivity index (χ0n) is 13.7. The normalized spacial score (nSPS) is 10.8. The van der Waals surface area contributed by atoms with Crippen LogP contribution in [0.4, 0.5) is 5.82 Å². The lowest BCUT2D eigenvalue weighted by atomic mass is 10.2. The van der Waals surface area contributed by atoms with E-state index in [9.17, 15) is 4.79 Å². The summed E-state index contributed by atoms with van der Waals surface area (Å²) >= 11 is 0. The summed E-state index contributed by atoms with van der Waals surface area (Å²) in [7, 11) is 0. The Kier molecular flexibility index (Phi) is 4.29. The van der Waals surface area contributed by atoms with E-state index in [1.54, 1.807) is 0 Å². The van der Waals surface area contributed by atoms with Crippen molar-refractivity contribution in [3.05, 3.63) is 82.3 Å². The molecule has 0 aliphatic carbocycles. The number of nitrogens with zero attached hydrogens (tertiary/aromatic N) is 4. The van der Waals surface area contributed by atoms with E-state index in [4.69, 9.17) is 9.15 Å². The lowest BCUT2D eigenvalue weighted by Crippen LogP contribution is -2.16. The minimum Gasteiger partial charge on any atom is -0.361 e. The summed E-state index contributed by atoms with van der Waals surface area (Å²) in [5.41, 5.74) is 2.33. The maximum absolute atomic E-state index is 12.1. The van der Waals surface area contributed by atoms with E-state index < -0.39 is 5.76 Å². The van der Waals surface area contributed by atoms with Crippen LogP contribution >= 0.6 is 0 Å². The van der Waals surface area contributed by atoms with Crippen LogP contribution in [-0.4, -0.2) is 20.0 Å². The summed E-state index contributed by atoms with van der Waals surface area (Å²) in [6.45, 7) is 0.840. The molecule has 0 amide bonds. The van der Waals surface area contributed by atoms with E-state index >= 15 is 0 Å². The number of anilines is 1. The highest BCUT2D eigenvalue weighted by Gasteiger charge is 2.21. The molecule has 0 saturated carbocycles. The van der Waals surface area contributed by atoms with Gasteiger partial charge in [-0.3, -0.25) is 9.09 Å². The van der Waals surface area contributed by atoms with E-state index in [1.165, 1.54) is 4.57 Å². The molecular weight excluding hydrogens is 334 g/mol. The SMILES string of the molecule is O=c1onc(-c2nonc2NCc2ccccc2)n1Cc1ccccc1. The van der Waals surface area contributed by atoms with Crippen LogP contribution in [0.5, 0.6) is 0 Å². The summed E-state index contributed by atoms with van der Waals surface area (Å²) in [4.78, 5) is 12.1. The van der Waals surface area contributed by atoms with Crippen LogP contribution in [0.15, 0.2) is 74.6 Å². The summed E-state index contributed by atoms with van der Waals surface area (Å²) in [6.07, 6.45) is 0. The van der Waals surface area contributed by atoms with Gasteiger partial charge in [0.15, 0.2) is 5.69 Å². The van der Waals surface area contributed by atoms with Crippen LogP contribution in [-0.2, 0) is 13.1 Å². The summed E-state index contributed by atoms with van der Waals surface area (Å²) in [5, 5.41) is 14.7. The Morgan fingerprint density at radius 3 is 2.31 bits per heavy atom. The van der Waals surface area contributed by atoms with E-state index in [0.717, 1.165) is 11.1 Å². The number of rotatable bonds is 6. The Labute approximate surface area is 148 Å². The standard InChI is InChI=1S/C18H15N5O3/c24-18-23(12-14-9-5-2-6-10-14)17(22-25-18)15-16(21-26-20-15)19-11-13-7-3-1-4-8-13/h1-10H,11-12H2,(H,19,21). The van der Waals surface area contributed by atoms with Gasteiger partial charge in [-0.05, 0) is 21.4 Å². The molecule has 0 unspecified atom stereocenters. The molecule has 8 nitrogen and oxygen atoms in total. The molecule has 0 atom stereocenters. The van der Waals surface area contributed by atoms with Crippen LogP contribution in [0.25, 0.3) is 11.5 Å². The number of nitrogens with one attached hydrogen (secondary N) is 1. The molecule has 2 aromatic carbocycles. The Morgan fingerprint density at radius 2 is 1.58 bits per heavy atom. The number of hydrogen-bond acceptors (Lipinski definition) is 7. The first-order valence-corrected chi connectivity index (χ1v) is 8.02. The fourth-order valence-electron chi connectivity index (χ4n) is 2.58. The smallest absolute Gasteiger partial charge is 0.361 e. The van der Waals surface area contributed by atoms with E-state index in [2.05, 4.69) is 20.8 Å². The van der Waals surface area contributed by atoms with Crippen molar-refractivity contribution in [1.82, 2.24) is 20.0 Å². The molecule has 130 valence electrons. The Bertz CT molecular complexity index is 1040. The van der Waals surface area contributed by atoms with Gasteiger partial charge in [0.2, 0.25) is 11.6 Å². The molecule has 0 spiro atoms. The van der Waals surface area contributed by atoms with Crippen molar-refractivity contribution >= 4 is 5.82 Å². The van der Waals surface area contributed by atoms with Crippen LogP contribution in [0.3, 0.4) is 0 Å². The minimum atomic E-state index is -0.569. The van der Waals surface area contributed by atoms with Gasteiger partial charge in [-0.1, -0.05) is 65.8 Å². The minimum absolute atomic E-state index is 0.260. The molecule has 0 aliphatic rings. The molecule has 2 heterocycles. The average molecular weight is 349 g/mol. The summed E-state index contributed by atoms with van der Waals surface area (Å²) in [5.74, 6) is 0.0838. The van der Waals surface area contributed by atoms with Gasteiger partial charge >= 0.3 is 5.76 Å². The first kappa shape index (κ1) is 15.8. The van der Waals surface area contributed by atoms with Crippen molar-refractivity contribution in [1.29, 1.82) is 0 Å². The zero-order valence-corrected chi connectivity index (χ0v) is 13.7. The third kappa shape index (κ3) is 3.25. The Hall–Kier alpha value is -3.68. The lowest BCUT2D eigenvalue weighted by molar-refractivity contribution is 0.309. The average Bonchev–Trinajstić information content (AvgIpc) is 3.29. The van der Waals surface area contributed by atoms with Crippen LogP contribution in [0.1, 0.15) is 11.1 Å². The number of hydrogen-bond donors (Lipinski definition) is 1. The maximum atomic E-state index is 12.1. The van der Waals surface area contributed by atoms with Crippen molar-refractivity contribution < 1.29 is 9.15 Å². The molecule has 1 N–H and O–H groups in total. The van der Waals surface area contributed by atoms with Gasteiger partial charge in [0, 0.05) is 6.54 Å². The first-order chi connectivity index (χ1) is 12.8. The lowest BCUT2D eigenvalue weighted by Gasteiger charge is -2.05. The van der Waals surface area contributed by atoms with E-state index in [0.29, 0.717) is 24.6 Å². The maximum Gasteiger partial charge on any atom is 0.442 e. The van der Waals surface area contributed by atoms with Gasteiger partial charge < -0.3 is 5.32 Å². The molecule has 0 aliphatic heterocycles. The van der Waals surface area contributed by atoms with Crippen molar-refractivity contribution in [2.45, 2.75) is 13.1 Å². The largest absolute Gasteiger partial charge is 0.442 e. The molecule has 0 saturated heterocycles. The molecule has 0 fully saturated rings. The zero-order chi connectivity index (χ0) is 17.8. The topological polar surface area (TPSA) is 99.0 Å². The predicted octanol–water partition coefficient (Wildman–Crippen LogP) is 2.55. The number of aromatic nitrogens is 4. The van der Waals surface area contributed by atoms with Gasteiger partial charge in [-0.25, -0.2) is 9.42 Å². The molecule has 8 heteroatoms. The molecule has 4 aromatic rings. The number of benzene rings is 2. The molecular formula is C18H15N5O3. The third-order valence-electron chi connectivity index (χ3n) is 3.87. The van der Waals surface area contributed by atoms with Crippen molar-refractivity contribution in [3.8, 4) is 11.5 Å². The highest BCUT2D eigenvalue weighted by atomic mass is 16.6. The summed E-state index contributed by atoms with van der Waals surface area (Å²) in [6, 6.07) is 19.4. The van der Waals surface area contributed by atoms with E-state index in [-0.39, 0.29) is 5.82 Å². The highest BCUT2D eigenvalue weighted by Crippen LogP contribution is 2.22. The molecule has 0 radical (unpaired) electrons. The van der Waals surface area contributed by atoms with Gasteiger partial charge in [-0.2, -0.15) is 0 Å². The van der Waals surface area contributed by atoms with Crippen molar-refractivity contribution in [2.75, 3.05) is 5.32 Å². The van der Waals surface area contributed by atoms with Crippen LogP contribution in [0, 0.1) is 0 Å². The van der Waals surface area contributed by atoms with Gasteiger partial charge in [0.25, 0.3) is 0 Å². The van der Waals surface area contributed by atoms with E-state index in [1.807, 2.05) is 60.7 Å². The predicted molar refractivity (Wildman–Crippen MR) is 93.4 cm³/mol. The van der Waals surface area contributed by atoms with Gasteiger partial charge in [0.1, 0.15) is 0 Å². The first-order valence-electron chi connectivity index (χ1n) is 8.02. The third-order valence-corrected chi connectivity index (χ3v) is 3.87. The molecule has 2 aromatic heterocycles. The fraction of sp³-hybridized carbons (Fsp3) is 0.111. The molecule has 0 bridgehead atoms. The Balaban J connectivity index is 1.61. The van der Waals surface area contributed by atoms with Crippen LogP contribution < -0.4 is 11.1 Å². The molecule has 26 heavy (non-hydrogen) atoms. The second-order valence-corrected chi connectivity index (χ2v) is 5.64. The van der Waals surface area contributed by atoms with Crippen molar-refractivity contribution in [2.24, 2.45) is 0 Å². The van der Waals surface area contributed by atoms with Gasteiger partial charge in [-0.15, -0.1) is 0 Å². The van der Waals surface area contributed by atoms with Gasteiger partial charge in [0.05, 0.1) is 6.54 Å². The highest BCUT2D eigenvalue weighted by molar-refractivity contribution is 5.64. The monoisotopic (exact) mass is 349 g/mol. The van der Waals surface area contributed by atoms with Crippen LogP contribution in [0.2, 0.25) is 0 Å². The second kappa shape index (κ2) is 7.06.